The van der Waals surface area contributed by atoms with Crippen molar-refractivity contribution < 1.29 is 28.6 Å². The van der Waals surface area contributed by atoms with E-state index >= 15 is 0 Å². The molecule has 2 atom stereocenters. The van der Waals surface area contributed by atoms with Gasteiger partial charge in [-0.05, 0) is 37.0 Å². The van der Waals surface area contributed by atoms with Crippen molar-refractivity contribution >= 4 is 17.9 Å². The molecule has 0 aliphatic rings. The number of esters is 3. The number of ether oxygens (including phenoxy) is 3. The summed E-state index contributed by atoms with van der Waals surface area (Å²) >= 11 is 0. The molecular weight excluding hydrogens is 769 g/mol. The Bertz CT molecular complexity index is 962. The molecular formula is C56H108O6. The van der Waals surface area contributed by atoms with Gasteiger partial charge in [0, 0.05) is 19.3 Å². The maximum absolute atomic E-state index is 12.8. The van der Waals surface area contributed by atoms with Crippen LogP contribution in [0.25, 0.3) is 0 Å². The summed E-state index contributed by atoms with van der Waals surface area (Å²) in [7, 11) is 0. The van der Waals surface area contributed by atoms with E-state index < -0.39 is 6.10 Å². The highest BCUT2D eigenvalue weighted by Crippen LogP contribution is 2.18. The molecule has 368 valence electrons. The lowest BCUT2D eigenvalue weighted by molar-refractivity contribution is -0.167. The number of hydrogen-bond acceptors (Lipinski definition) is 6. The summed E-state index contributed by atoms with van der Waals surface area (Å²) in [5, 5.41) is 0. The predicted molar refractivity (Wildman–Crippen MR) is 266 cm³/mol. The van der Waals surface area contributed by atoms with Crippen LogP contribution in [0.4, 0.5) is 0 Å². The zero-order valence-corrected chi connectivity index (χ0v) is 42.7. The number of rotatable bonds is 49. The van der Waals surface area contributed by atoms with Gasteiger partial charge in [0.05, 0.1) is 0 Å². The maximum atomic E-state index is 12.8. The van der Waals surface area contributed by atoms with Crippen LogP contribution in [0, 0.1) is 17.8 Å². The van der Waals surface area contributed by atoms with Crippen LogP contribution in [0.2, 0.25) is 0 Å². The third-order valence-corrected chi connectivity index (χ3v) is 13.0. The van der Waals surface area contributed by atoms with Gasteiger partial charge in [-0.1, -0.05) is 266 Å². The Balaban J connectivity index is 4.27. The average molecular weight is 877 g/mol. The molecule has 0 aliphatic heterocycles. The van der Waals surface area contributed by atoms with Crippen molar-refractivity contribution in [2.45, 2.75) is 311 Å². The van der Waals surface area contributed by atoms with Gasteiger partial charge in [0.15, 0.2) is 6.10 Å². The number of carbonyl (C=O) groups is 3. The van der Waals surface area contributed by atoms with Gasteiger partial charge in [-0.25, -0.2) is 0 Å². The molecule has 6 nitrogen and oxygen atoms in total. The molecule has 1 unspecified atom stereocenters. The third kappa shape index (κ3) is 47.9. The predicted octanol–water partition coefficient (Wildman–Crippen LogP) is 17.9. The van der Waals surface area contributed by atoms with Gasteiger partial charge in [0.1, 0.15) is 13.2 Å². The lowest BCUT2D eigenvalue weighted by atomic mass is 9.99. The van der Waals surface area contributed by atoms with E-state index in [1.807, 2.05) is 0 Å². The van der Waals surface area contributed by atoms with E-state index in [0.29, 0.717) is 19.3 Å². The minimum atomic E-state index is -0.763. The van der Waals surface area contributed by atoms with Crippen LogP contribution < -0.4 is 0 Å². The molecule has 0 aliphatic carbocycles. The van der Waals surface area contributed by atoms with Gasteiger partial charge in [-0.3, -0.25) is 14.4 Å². The van der Waals surface area contributed by atoms with Gasteiger partial charge in [-0.2, -0.15) is 0 Å². The Morgan fingerprint density at radius 2 is 0.565 bits per heavy atom. The summed E-state index contributed by atoms with van der Waals surface area (Å²) in [6, 6.07) is 0. The summed E-state index contributed by atoms with van der Waals surface area (Å²) in [5.74, 6) is 1.66. The van der Waals surface area contributed by atoms with Crippen LogP contribution in [0.3, 0.4) is 0 Å². The average Bonchev–Trinajstić information content (AvgIpc) is 3.24. The van der Waals surface area contributed by atoms with Crippen molar-refractivity contribution in [1.29, 1.82) is 0 Å². The normalized spacial score (nSPS) is 12.6. The minimum absolute atomic E-state index is 0.0645. The van der Waals surface area contributed by atoms with Gasteiger partial charge >= 0.3 is 17.9 Å². The molecule has 0 saturated heterocycles. The summed E-state index contributed by atoms with van der Waals surface area (Å²) in [4.78, 5) is 38.0. The zero-order chi connectivity index (χ0) is 45.6. The summed E-state index contributed by atoms with van der Waals surface area (Å²) in [6.07, 6.45) is 48.1. The van der Waals surface area contributed by atoms with Crippen molar-refractivity contribution in [2.75, 3.05) is 13.2 Å². The van der Waals surface area contributed by atoms with E-state index in [9.17, 15) is 14.4 Å². The molecule has 6 heteroatoms. The lowest BCUT2D eigenvalue weighted by Gasteiger charge is -2.18. The maximum Gasteiger partial charge on any atom is 0.306 e. The van der Waals surface area contributed by atoms with Crippen molar-refractivity contribution in [3.05, 3.63) is 0 Å². The third-order valence-electron chi connectivity index (χ3n) is 13.0. The van der Waals surface area contributed by atoms with E-state index in [0.717, 1.165) is 75.5 Å². The Labute approximate surface area is 387 Å². The number of hydrogen-bond donors (Lipinski definition) is 0. The van der Waals surface area contributed by atoms with Crippen molar-refractivity contribution in [3.8, 4) is 0 Å². The molecule has 0 spiro atoms. The van der Waals surface area contributed by atoms with Crippen LogP contribution in [0.5, 0.6) is 0 Å². The van der Waals surface area contributed by atoms with E-state index in [4.69, 9.17) is 14.2 Å². The molecule has 0 fully saturated rings. The van der Waals surface area contributed by atoms with Crippen molar-refractivity contribution in [2.24, 2.45) is 17.8 Å². The Morgan fingerprint density at radius 3 is 0.839 bits per heavy atom. The fourth-order valence-electron chi connectivity index (χ4n) is 8.44. The van der Waals surface area contributed by atoms with Crippen LogP contribution >= 0.6 is 0 Å². The second-order valence-corrected chi connectivity index (χ2v) is 20.4. The second kappa shape index (κ2) is 47.4. The molecule has 0 aromatic carbocycles. The molecule has 0 bridgehead atoms. The summed E-state index contributed by atoms with van der Waals surface area (Å²) < 4.78 is 16.8. The molecule has 0 aromatic rings. The van der Waals surface area contributed by atoms with Crippen LogP contribution in [-0.2, 0) is 28.6 Å². The quantitative estimate of drug-likeness (QED) is 0.0344. The fourth-order valence-corrected chi connectivity index (χ4v) is 8.44. The molecule has 0 saturated carbocycles. The van der Waals surface area contributed by atoms with Gasteiger partial charge in [-0.15, -0.1) is 0 Å². The van der Waals surface area contributed by atoms with Crippen LogP contribution in [0.1, 0.15) is 305 Å². The SMILES string of the molecule is CCC(C)CCCCCCCCCCCCCCCCC(=O)OC[C@H](COC(=O)CCCCCCCCCC(C)C)OC(=O)CCCCCCCCCCCCCCCC(C)C. The van der Waals surface area contributed by atoms with E-state index in [2.05, 4.69) is 41.5 Å². The highest BCUT2D eigenvalue weighted by Gasteiger charge is 2.19. The Kier molecular flexibility index (Phi) is 46.2. The first-order chi connectivity index (χ1) is 30.1. The number of unbranched alkanes of at least 4 members (excludes halogenated alkanes) is 31. The lowest BCUT2D eigenvalue weighted by Crippen LogP contribution is -2.30. The van der Waals surface area contributed by atoms with E-state index in [1.165, 1.54) is 186 Å². The molecule has 0 radical (unpaired) electrons. The Hall–Kier alpha value is -1.59. The monoisotopic (exact) mass is 877 g/mol. The molecule has 0 amide bonds. The largest absolute Gasteiger partial charge is 0.462 e. The highest BCUT2D eigenvalue weighted by atomic mass is 16.6. The molecule has 0 N–H and O–H groups in total. The summed E-state index contributed by atoms with van der Waals surface area (Å²) in [6.45, 7) is 13.7. The van der Waals surface area contributed by atoms with Crippen molar-refractivity contribution in [1.82, 2.24) is 0 Å². The molecule has 0 rings (SSSR count). The standard InChI is InChI=1S/C56H108O6/c1-7-52(6)44-38-32-26-20-16-12-8-9-13-17-21-27-33-39-45-54(57)60-48-53(49-61-55(58)46-40-34-29-23-25-31-37-43-51(4)5)62-56(59)47-41-35-28-22-18-14-10-11-15-19-24-30-36-42-50(2)3/h50-53H,7-49H2,1-6H3/t52?,53-/m1/s1. The van der Waals surface area contributed by atoms with Crippen LogP contribution in [0.15, 0.2) is 0 Å². The topological polar surface area (TPSA) is 78.9 Å². The first kappa shape index (κ1) is 60.4. The summed E-state index contributed by atoms with van der Waals surface area (Å²) in [5.41, 5.74) is 0. The molecule has 62 heavy (non-hydrogen) atoms. The molecule has 0 heterocycles. The highest BCUT2D eigenvalue weighted by molar-refractivity contribution is 5.71. The van der Waals surface area contributed by atoms with E-state index in [1.54, 1.807) is 0 Å². The fraction of sp³-hybridized carbons (Fsp3) is 0.946. The first-order valence-corrected chi connectivity index (χ1v) is 27.6. The Morgan fingerprint density at radius 1 is 0.323 bits per heavy atom. The van der Waals surface area contributed by atoms with Gasteiger partial charge in [0.25, 0.3) is 0 Å². The minimum Gasteiger partial charge on any atom is -0.462 e. The van der Waals surface area contributed by atoms with Gasteiger partial charge in [0.2, 0.25) is 0 Å². The zero-order valence-electron chi connectivity index (χ0n) is 42.7. The van der Waals surface area contributed by atoms with Crippen molar-refractivity contribution in [3.63, 3.8) is 0 Å². The molecule has 0 aromatic heterocycles. The van der Waals surface area contributed by atoms with Crippen LogP contribution in [-0.4, -0.2) is 37.2 Å². The van der Waals surface area contributed by atoms with E-state index in [-0.39, 0.29) is 31.1 Å². The van der Waals surface area contributed by atoms with Gasteiger partial charge < -0.3 is 14.2 Å². The first-order valence-electron chi connectivity index (χ1n) is 27.6. The second-order valence-electron chi connectivity index (χ2n) is 20.4. The smallest absolute Gasteiger partial charge is 0.306 e. The number of carbonyl (C=O) groups excluding carboxylic acids is 3.